The van der Waals surface area contributed by atoms with Gasteiger partial charge in [-0.05, 0) is 61.2 Å². The van der Waals surface area contributed by atoms with E-state index in [1.807, 2.05) is 37.3 Å². The molecule has 34 heavy (non-hydrogen) atoms. The summed E-state index contributed by atoms with van der Waals surface area (Å²) >= 11 is 5.62. The molecule has 0 atom stereocenters. The first-order chi connectivity index (χ1) is 16.5. The Labute approximate surface area is 200 Å². The Morgan fingerprint density at radius 2 is 2.06 bits per heavy atom. The van der Waals surface area contributed by atoms with Crippen molar-refractivity contribution in [3.63, 3.8) is 0 Å². The smallest absolute Gasteiger partial charge is 0.255 e. The van der Waals surface area contributed by atoms with Crippen LogP contribution in [0.15, 0.2) is 88.9 Å². The normalized spacial score (nSPS) is 11.9. The van der Waals surface area contributed by atoms with Crippen molar-refractivity contribution in [2.75, 3.05) is 11.2 Å². The summed E-state index contributed by atoms with van der Waals surface area (Å²) in [5, 5.41) is 4.42. The number of fused-ring (bicyclic) bond motifs is 3. The number of nitrogens with two attached hydrogens (primary N) is 1. The molecule has 0 saturated heterocycles. The van der Waals surface area contributed by atoms with Gasteiger partial charge in [-0.25, -0.2) is 0 Å². The van der Waals surface area contributed by atoms with Gasteiger partial charge in [0.05, 0.1) is 22.4 Å². The highest BCUT2D eigenvalue weighted by Crippen LogP contribution is 2.29. The first kappa shape index (κ1) is 22.9. The van der Waals surface area contributed by atoms with Crippen molar-refractivity contribution in [3.8, 4) is 5.69 Å². The number of allylic oxidation sites excluding steroid dienone is 2. The number of hydrogen-bond acceptors (Lipinski definition) is 5. The maximum atomic E-state index is 13.1. The number of aromatic nitrogens is 2. The lowest BCUT2D eigenvalue weighted by molar-refractivity contribution is -0.111. The van der Waals surface area contributed by atoms with Crippen molar-refractivity contribution >= 4 is 56.9 Å². The van der Waals surface area contributed by atoms with Crippen LogP contribution in [0.4, 0.5) is 11.4 Å². The monoisotopic (exact) mass is 471 g/mol. The molecule has 0 saturated carbocycles. The lowest BCUT2D eigenvalue weighted by atomic mass is 10.1. The van der Waals surface area contributed by atoms with Crippen LogP contribution in [0, 0.1) is 6.92 Å². The van der Waals surface area contributed by atoms with Gasteiger partial charge in [0.25, 0.3) is 5.56 Å². The molecule has 0 spiro atoms. The van der Waals surface area contributed by atoms with Crippen LogP contribution >= 0.6 is 11.6 Å². The number of pyridine rings is 2. The number of benzene rings is 2. The zero-order chi connectivity index (χ0) is 24.1. The Morgan fingerprint density at radius 3 is 2.85 bits per heavy atom. The number of hydrogen-bond donors (Lipinski definition) is 2. The maximum absolute atomic E-state index is 13.1. The molecule has 2 aromatic heterocycles. The van der Waals surface area contributed by atoms with E-state index in [2.05, 4.69) is 15.3 Å². The number of carbonyl (C=O) groups excluding carboxylic acids is 1. The predicted molar refractivity (Wildman–Crippen MR) is 140 cm³/mol. The second-order valence-corrected chi connectivity index (χ2v) is 7.79. The Kier molecular flexibility index (Phi) is 6.85. The molecule has 3 N–H and O–H groups in total. The van der Waals surface area contributed by atoms with Crippen LogP contribution in [-0.4, -0.2) is 27.6 Å². The molecule has 4 aromatic rings. The van der Waals surface area contributed by atoms with Crippen LogP contribution in [0.2, 0.25) is 0 Å². The standard InChI is InChI=1S/C26H22ClN5O2/c1-17-5-8-20(15-23(17)31-24(33)4-2-11-27)32-25(34)10-6-18-16-30-22-9-7-19(29-13-3-12-28)14-21(22)26(18)32/h2-10,12-16H,11,28H2,1H3,(H,31,33)/b4-2+,12-3?,29-13?. The van der Waals surface area contributed by atoms with Crippen molar-refractivity contribution < 1.29 is 4.79 Å². The van der Waals surface area contributed by atoms with Crippen molar-refractivity contribution in [2.45, 2.75) is 6.92 Å². The van der Waals surface area contributed by atoms with Crippen LogP contribution in [0.1, 0.15) is 5.56 Å². The third-order valence-corrected chi connectivity index (χ3v) is 5.40. The molecule has 2 aromatic carbocycles. The van der Waals surface area contributed by atoms with Crippen LogP contribution in [0.25, 0.3) is 27.5 Å². The molecule has 0 unspecified atom stereocenters. The van der Waals surface area contributed by atoms with Crippen molar-refractivity contribution in [3.05, 3.63) is 95.1 Å². The lowest BCUT2D eigenvalue weighted by Gasteiger charge is -2.15. The number of nitrogens with zero attached hydrogens (tertiary/aromatic N) is 3. The average Bonchev–Trinajstić information content (AvgIpc) is 2.84. The SMILES string of the molecule is Cc1ccc(-n2c(=O)ccc3cnc4ccc(N=CC=CN)cc4c32)cc1NC(=O)/C=C/CCl. The molecule has 170 valence electrons. The van der Waals surface area contributed by atoms with E-state index in [0.717, 1.165) is 21.9 Å². The molecular formula is C26H22ClN5O2. The molecule has 0 aliphatic rings. The first-order valence-corrected chi connectivity index (χ1v) is 11.1. The van der Waals surface area contributed by atoms with E-state index < -0.39 is 0 Å². The highest BCUT2D eigenvalue weighted by molar-refractivity contribution is 6.19. The van der Waals surface area contributed by atoms with Crippen molar-refractivity contribution in [1.82, 2.24) is 9.55 Å². The highest BCUT2D eigenvalue weighted by Gasteiger charge is 2.13. The second-order valence-electron chi connectivity index (χ2n) is 7.48. The molecule has 0 fully saturated rings. The van der Waals surface area contributed by atoms with Gasteiger partial charge < -0.3 is 11.1 Å². The number of rotatable bonds is 6. The largest absolute Gasteiger partial charge is 0.405 e. The van der Waals surface area contributed by atoms with Gasteiger partial charge in [-0.2, -0.15) is 0 Å². The van der Waals surface area contributed by atoms with Gasteiger partial charge in [-0.1, -0.05) is 12.1 Å². The quantitative estimate of drug-likeness (QED) is 0.183. The van der Waals surface area contributed by atoms with Gasteiger partial charge in [0.2, 0.25) is 5.91 Å². The summed E-state index contributed by atoms with van der Waals surface area (Å²) in [6.45, 7) is 1.88. The molecule has 0 aliphatic carbocycles. The molecular weight excluding hydrogens is 450 g/mol. The van der Waals surface area contributed by atoms with Crippen LogP contribution in [0.5, 0.6) is 0 Å². The highest BCUT2D eigenvalue weighted by atomic mass is 35.5. The number of aliphatic imine (C=N–C) groups is 1. The molecule has 8 heteroatoms. The third-order valence-electron chi connectivity index (χ3n) is 5.22. The van der Waals surface area contributed by atoms with Gasteiger partial charge in [0.15, 0.2) is 0 Å². The van der Waals surface area contributed by atoms with Crippen molar-refractivity contribution in [1.29, 1.82) is 0 Å². The minimum absolute atomic E-state index is 0.205. The number of anilines is 1. The summed E-state index contributed by atoms with van der Waals surface area (Å²) < 4.78 is 1.62. The van der Waals surface area contributed by atoms with Gasteiger partial charge in [0, 0.05) is 46.9 Å². The topological polar surface area (TPSA) is 102 Å². The third kappa shape index (κ3) is 4.74. The lowest BCUT2D eigenvalue weighted by Crippen LogP contribution is -2.18. The fourth-order valence-corrected chi connectivity index (χ4v) is 3.71. The Bertz CT molecular complexity index is 1540. The summed E-state index contributed by atoms with van der Waals surface area (Å²) in [4.78, 5) is 34.2. The summed E-state index contributed by atoms with van der Waals surface area (Å²) in [6.07, 6.45) is 9.31. The van der Waals surface area contributed by atoms with E-state index in [4.69, 9.17) is 17.3 Å². The fraction of sp³-hybridized carbons (Fsp3) is 0.0769. The van der Waals surface area contributed by atoms with Gasteiger partial charge >= 0.3 is 0 Å². The van der Waals surface area contributed by atoms with E-state index in [9.17, 15) is 9.59 Å². The number of carbonyl (C=O) groups is 1. The van der Waals surface area contributed by atoms with Gasteiger partial charge in [0.1, 0.15) is 0 Å². The average molecular weight is 472 g/mol. The van der Waals surface area contributed by atoms with E-state index in [-0.39, 0.29) is 17.3 Å². The number of amides is 1. The molecule has 2 heterocycles. The zero-order valence-corrected chi connectivity index (χ0v) is 19.2. The summed E-state index contributed by atoms with van der Waals surface area (Å²) in [5.74, 6) is -0.0529. The first-order valence-electron chi connectivity index (χ1n) is 10.5. The summed E-state index contributed by atoms with van der Waals surface area (Å²) in [6, 6.07) is 14.3. The van der Waals surface area contributed by atoms with E-state index in [1.54, 1.807) is 41.3 Å². The number of nitrogens with one attached hydrogen (secondary N) is 1. The van der Waals surface area contributed by atoms with E-state index in [0.29, 0.717) is 22.6 Å². The predicted octanol–water partition coefficient (Wildman–Crippen LogP) is 4.76. The Morgan fingerprint density at radius 1 is 1.21 bits per heavy atom. The summed E-state index contributed by atoms with van der Waals surface area (Å²) in [5.41, 5.74) is 9.38. The zero-order valence-electron chi connectivity index (χ0n) is 18.4. The molecule has 4 rings (SSSR count). The fourth-order valence-electron chi connectivity index (χ4n) is 3.62. The van der Waals surface area contributed by atoms with E-state index >= 15 is 0 Å². The minimum Gasteiger partial charge on any atom is -0.405 e. The molecule has 0 aliphatic heterocycles. The minimum atomic E-state index is -0.296. The molecule has 0 bridgehead atoms. The molecule has 0 radical (unpaired) electrons. The van der Waals surface area contributed by atoms with Gasteiger partial charge in [-0.3, -0.25) is 24.1 Å². The number of halogens is 1. The molecule has 1 amide bonds. The second kappa shape index (κ2) is 10.1. The Balaban J connectivity index is 1.93. The van der Waals surface area contributed by atoms with Crippen LogP contribution < -0.4 is 16.6 Å². The number of alkyl halides is 1. The van der Waals surface area contributed by atoms with Gasteiger partial charge in [-0.15, -0.1) is 11.6 Å². The summed E-state index contributed by atoms with van der Waals surface area (Å²) in [7, 11) is 0. The van der Waals surface area contributed by atoms with E-state index in [1.165, 1.54) is 18.3 Å². The van der Waals surface area contributed by atoms with Crippen LogP contribution in [-0.2, 0) is 4.79 Å². The van der Waals surface area contributed by atoms with Crippen molar-refractivity contribution in [2.24, 2.45) is 10.7 Å². The number of aryl methyl sites for hydroxylation is 1. The molecule has 7 nitrogen and oxygen atoms in total. The Hall–Kier alpha value is -4.23. The van der Waals surface area contributed by atoms with Crippen LogP contribution in [0.3, 0.4) is 0 Å². The maximum Gasteiger partial charge on any atom is 0.255 e.